The Kier molecular flexibility index (Phi) is 5.52. The third kappa shape index (κ3) is 4.31. The summed E-state index contributed by atoms with van der Waals surface area (Å²) in [6.07, 6.45) is 1.74. The number of pyridine rings is 1. The molecule has 2 heterocycles. The number of fused-ring (bicyclic) bond motifs is 1. The summed E-state index contributed by atoms with van der Waals surface area (Å²) >= 11 is 7.53. The van der Waals surface area contributed by atoms with Crippen LogP contribution in [-0.4, -0.2) is 16.9 Å². The molecule has 0 fully saturated rings. The van der Waals surface area contributed by atoms with E-state index in [1.807, 2.05) is 85.8 Å². The largest absolute Gasteiger partial charge is 0.402 e. The molecule has 0 spiro atoms. The normalized spacial score (nSPS) is 14.6. The van der Waals surface area contributed by atoms with Gasteiger partial charge < -0.3 is 4.74 Å². The van der Waals surface area contributed by atoms with Crippen LogP contribution in [0.1, 0.15) is 16.7 Å². The number of hydrogen-bond acceptors (Lipinski definition) is 5. The van der Waals surface area contributed by atoms with Gasteiger partial charge in [-0.1, -0.05) is 59.3 Å². The maximum absolute atomic E-state index is 12.6. The van der Waals surface area contributed by atoms with Crippen LogP contribution in [0.25, 0.3) is 17.0 Å². The van der Waals surface area contributed by atoms with E-state index in [9.17, 15) is 4.79 Å². The molecule has 4 aromatic rings. The SMILES string of the molecule is Cc1ccc(C2=N/C(=C/c3cc4ccccc4nc3Sc3ccc(Cl)cc3)C(=O)O2)cc1. The van der Waals surface area contributed by atoms with E-state index in [0.29, 0.717) is 10.9 Å². The number of halogens is 1. The van der Waals surface area contributed by atoms with Crippen LogP contribution in [-0.2, 0) is 9.53 Å². The van der Waals surface area contributed by atoms with E-state index in [1.54, 1.807) is 6.08 Å². The third-order valence-electron chi connectivity index (χ3n) is 4.96. The first-order valence-electron chi connectivity index (χ1n) is 9.98. The minimum absolute atomic E-state index is 0.246. The van der Waals surface area contributed by atoms with Gasteiger partial charge in [-0.2, -0.15) is 0 Å². The number of benzene rings is 3. The van der Waals surface area contributed by atoms with Crippen molar-refractivity contribution in [3.8, 4) is 0 Å². The molecule has 0 unspecified atom stereocenters. The average Bonchev–Trinajstić information content (AvgIpc) is 3.16. The maximum Gasteiger partial charge on any atom is 0.363 e. The number of rotatable bonds is 4. The Hall–Kier alpha value is -3.41. The van der Waals surface area contributed by atoms with Gasteiger partial charge in [0.15, 0.2) is 5.70 Å². The molecule has 3 aromatic carbocycles. The molecule has 32 heavy (non-hydrogen) atoms. The lowest BCUT2D eigenvalue weighted by molar-refractivity contribution is -0.129. The summed E-state index contributed by atoms with van der Waals surface area (Å²) in [5.41, 5.74) is 3.81. The monoisotopic (exact) mass is 456 g/mol. The minimum atomic E-state index is -0.476. The number of carbonyl (C=O) groups excluding carboxylic acids is 1. The highest BCUT2D eigenvalue weighted by molar-refractivity contribution is 7.99. The van der Waals surface area contributed by atoms with E-state index in [2.05, 4.69) is 4.99 Å². The van der Waals surface area contributed by atoms with E-state index in [4.69, 9.17) is 21.3 Å². The highest BCUT2D eigenvalue weighted by Gasteiger charge is 2.24. The predicted molar refractivity (Wildman–Crippen MR) is 129 cm³/mol. The van der Waals surface area contributed by atoms with E-state index < -0.39 is 5.97 Å². The van der Waals surface area contributed by atoms with E-state index in [-0.39, 0.29) is 5.70 Å². The summed E-state index contributed by atoms with van der Waals surface area (Å²) in [6, 6.07) is 25.2. The van der Waals surface area contributed by atoms with Gasteiger partial charge >= 0.3 is 5.97 Å². The Morgan fingerprint density at radius 2 is 1.72 bits per heavy atom. The number of esters is 1. The number of aliphatic imine (C=N–C) groups is 1. The van der Waals surface area contributed by atoms with Gasteiger partial charge in [0.25, 0.3) is 0 Å². The Morgan fingerprint density at radius 3 is 2.50 bits per heavy atom. The van der Waals surface area contributed by atoms with Crippen molar-refractivity contribution in [2.75, 3.05) is 0 Å². The summed E-state index contributed by atoms with van der Waals surface area (Å²) in [4.78, 5) is 22.8. The zero-order valence-electron chi connectivity index (χ0n) is 17.1. The molecule has 1 aliphatic rings. The molecule has 0 aliphatic carbocycles. The van der Waals surface area contributed by atoms with Gasteiger partial charge in [-0.15, -0.1) is 0 Å². The fraction of sp³-hybridized carbons (Fsp3) is 0.0385. The summed E-state index contributed by atoms with van der Waals surface area (Å²) < 4.78 is 5.43. The Balaban J connectivity index is 1.57. The summed E-state index contributed by atoms with van der Waals surface area (Å²) in [7, 11) is 0. The Bertz CT molecular complexity index is 1390. The number of para-hydroxylation sites is 1. The lowest BCUT2D eigenvalue weighted by Crippen LogP contribution is -2.05. The molecule has 4 nitrogen and oxygen atoms in total. The second-order valence-corrected chi connectivity index (χ2v) is 8.83. The van der Waals surface area contributed by atoms with Crippen LogP contribution in [0, 0.1) is 6.92 Å². The molecule has 5 rings (SSSR count). The van der Waals surface area contributed by atoms with Crippen LogP contribution >= 0.6 is 23.4 Å². The number of aromatic nitrogens is 1. The predicted octanol–water partition coefficient (Wildman–Crippen LogP) is 6.69. The lowest BCUT2D eigenvalue weighted by Gasteiger charge is -2.08. The topological polar surface area (TPSA) is 51.5 Å². The fourth-order valence-electron chi connectivity index (χ4n) is 3.29. The first-order chi connectivity index (χ1) is 15.5. The van der Waals surface area contributed by atoms with Crippen molar-refractivity contribution >= 4 is 52.2 Å². The molecule has 0 bridgehead atoms. The zero-order valence-corrected chi connectivity index (χ0v) is 18.7. The van der Waals surface area contributed by atoms with E-state index in [0.717, 1.165) is 37.5 Å². The molecule has 0 saturated heterocycles. The van der Waals surface area contributed by atoms with Crippen molar-refractivity contribution in [1.82, 2.24) is 4.98 Å². The van der Waals surface area contributed by atoms with Crippen molar-refractivity contribution in [3.63, 3.8) is 0 Å². The summed E-state index contributed by atoms with van der Waals surface area (Å²) in [5.74, 6) is -0.168. The van der Waals surface area contributed by atoms with Gasteiger partial charge in [-0.05, 0) is 61.5 Å². The standard InChI is InChI=1S/C26H17ClN2O2S/c1-16-6-8-17(9-7-16)24-28-23(26(30)31-24)15-19-14-18-4-2-3-5-22(18)29-25(19)32-21-12-10-20(27)11-13-21/h2-15H,1H3/b23-15+. The number of cyclic esters (lactones) is 1. The van der Waals surface area contributed by atoms with Gasteiger partial charge in [0.1, 0.15) is 5.03 Å². The van der Waals surface area contributed by atoms with Crippen molar-refractivity contribution in [1.29, 1.82) is 0 Å². The van der Waals surface area contributed by atoms with Crippen LogP contribution in [0.5, 0.6) is 0 Å². The van der Waals surface area contributed by atoms with Gasteiger partial charge in [-0.3, -0.25) is 0 Å². The van der Waals surface area contributed by atoms with Gasteiger partial charge in [0.05, 0.1) is 5.52 Å². The van der Waals surface area contributed by atoms with E-state index >= 15 is 0 Å². The summed E-state index contributed by atoms with van der Waals surface area (Å²) in [5, 5.41) is 2.43. The fourth-order valence-corrected chi connectivity index (χ4v) is 4.29. The smallest absolute Gasteiger partial charge is 0.363 e. The lowest BCUT2D eigenvalue weighted by atomic mass is 10.1. The highest BCUT2D eigenvalue weighted by Crippen LogP contribution is 2.33. The van der Waals surface area contributed by atoms with E-state index in [1.165, 1.54) is 11.8 Å². The molecule has 0 atom stereocenters. The molecule has 1 aliphatic heterocycles. The minimum Gasteiger partial charge on any atom is -0.402 e. The molecule has 156 valence electrons. The van der Waals surface area contributed by atoms with Crippen molar-refractivity contribution < 1.29 is 9.53 Å². The Labute approximate surface area is 194 Å². The number of hydrogen-bond donors (Lipinski definition) is 0. The van der Waals surface area contributed by atoms with Crippen LogP contribution in [0.2, 0.25) is 5.02 Å². The molecular weight excluding hydrogens is 440 g/mol. The number of carbonyl (C=O) groups is 1. The molecular formula is C26H17ClN2O2S. The molecule has 6 heteroatoms. The van der Waals surface area contributed by atoms with Gasteiger partial charge in [-0.25, -0.2) is 14.8 Å². The quantitative estimate of drug-likeness (QED) is 0.253. The van der Waals surface area contributed by atoms with Gasteiger partial charge in [0.2, 0.25) is 5.90 Å². The van der Waals surface area contributed by atoms with Crippen LogP contribution in [0.15, 0.2) is 99.5 Å². The molecule has 0 amide bonds. The number of nitrogens with zero attached hydrogens (tertiary/aromatic N) is 2. The van der Waals surface area contributed by atoms with Crippen molar-refractivity contribution in [2.24, 2.45) is 4.99 Å². The average molecular weight is 457 g/mol. The Morgan fingerprint density at radius 1 is 0.969 bits per heavy atom. The molecule has 0 radical (unpaired) electrons. The second-order valence-electron chi connectivity index (χ2n) is 7.33. The van der Waals surface area contributed by atoms with Crippen LogP contribution in [0.4, 0.5) is 0 Å². The molecule has 0 saturated carbocycles. The number of aryl methyl sites for hydroxylation is 1. The number of ether oxygens (including phenoxy) is 1. The first-order valence-corrected chi connectivity index (χ1v) is 11.2. The molecule has 1 aromatic heterocycles. The van der Waals surface area contributed by atoms with Crippen molar-refractivity contribution in [2.45, 2.75) is 16.8 Å². The van der Waals surface area contributed by atoms with Crippen LogP contribution < -0.4 is 0 Å². The van der Waals surface area contributed by atoms with Gasteiger partial charge in [0, 0.05) is 26.4 Å². The first kappa shape index (κ1) is 20.5. The maximum atomic E-state index is 12.6. The highest BCUT2D eigenvalue weighted by atomic mass is 35.5. The second kappa shape index (κ2) is 8.61. The molecule has 0 N–H and O–H groups in total. The van der Waals surface area contributed by atoms with Crippen LogP contribution in [0.3, 0.4) is 0 Å². The van der Waals surface area contributed by atoms with Crippen molar-refractivity contribution in [3.05, 3.63) is 106 Å². The summed E-state index contributed by atoms with van der Waals surface area (Å²) in [6.45, 7) is 2.00. The third-order valence-corrected chi connectivity index (χ3v) is 6.24. The zero-order chi connectivity index (χ0) is 22.1.